The monoisotopic (exact) mass is 196 g/mol. The summed E-state index contributed by atoms with van der Waals surface area (Å²) in [6, 6.07) is 1.93. The molecule has 1 heterocycles. The van der Waals surface area contributed by atoms with Crippen LogP contribution in [0.4, 0.5) is 8.78 Å². The minimum Gasteiger partial charge on any atom is -0.335 e. The molecule has 0 amide bonds. The molecule has 0 fully saturated rings. The van der Waals surface area contributed by atoms with Crippen LogP contribution in [0.2, 0.25) is 0 Å². The highest BCUT2D eigenvalue weighted by Crippen LogP contribution is 2.16. The number of nitrogens with one attached hydrogen (secondary N) is 1. The summed E-state index contributed by atoms with van der Waals surface area (Å²) < 4.78 is 25.5. The number of carbonyl (C=O) groups is 1. The Morgan fingerprint density at radius 1 is 1.36 bits per heavy atom. The fraction of sp³-hybridized carbons (Fsp3) is 0.111. The number of benzene rings is 1. The second kappa shape index (κ2) is 2.87. The molecule has 1 aromatic carbocycles. The molecule has 5 heteroatoms. The average molecular weight is 196 g/mol. The highest BCUT2D eigenvalue weighted by atomic mass is 19.2. The Morgan fingerprint density at radius 2 is 2.00 bits per heavy atom. The number of aromatic amines is 1. The third kappa shape index (κ3) is 1.26. The standard InChI is InChI=1S/C9H6F2N2O/c1-4(14)9-12-7-2-5(10)6(11)3-8(7)13-9/h2-3H,1H3,(H,12,13). The van der Waals surface area contributed by atoms with Crippen molar-refractivity contribution in [2.75, 3.05) is 0 Å². The van der Waals surface area contributed by atoms with Gasteiger partial charge in [-0.3, -0.25) is 4.79 Å². The lowest BCUT2D eigenvalue weighted by Crippen LogP contribution is -1.93. The normalized spacial score (nSPS) is 10.8. The molecular formula is C9H6F2N2O. The van der Waals surface area contributed by atoms with E-state index < -0.39 is 11.6 Å². The Hall–Kier alpha value is -1.78. The van der Waals surface area contributed by atoms with Gasteiger partial charge in [0.15, 0.2) is 23.2 Å². The van der Waals surface area contributed by atoms with Crippen molar-refractivity contribution in [2.24, 2.45) is 0 Å². The summed E-state index contributed by atoms with van der Waals surface area (Å²) >= 11 is 0. The van der Waals surface area contributed by atoms with E-state index in [-0.39, 0.29) is 17.1 Å². The molecule has 0 aliphatic carbocycles. The third-order valence-corrected chi connectivity index (χ3v) is 1.86. The van der Waals surface area contributed by atoms with Crippen LogP contribution in [0.3, 0.4) is 0 Å². The fourth-order valence-electron chi connectivity index (χ4n) is 1.17. The van der Waals surface area contributed by atoms with E-state index in [9.17, 15) is 13.6 Å². The van der Waals surface area contributed by atoms with Crippen molar-refractivity contribution in [1.82, 2.24) is 9.97 Å². The average Bonchev–Trinajstić information content (AvgIpc) is 2.48. The summed E-state index contributed by atoms with van der Waals surface area (Å²) in [7, 11) is 0. The Bertz CT molecular complexity index is 480. The number of halogens is 2. The number of hydrogen-bond acceptors (Lipinski definition) is 2. The highest BCUT2D eigenvalue weighted by molar-refractivity contribution is 5.93. The number of ketones is 1. The van der Waals surface area contributed by atoms with Crippen molar-refractivity contribution in [1.29, 1.82) is 0 Å². The number of aromatic nitrogens is 2. The molecule has 14 heavy (non-hydrogen) atoms. The fourth-order valence-corrected chi connectivity index (χ4v) is 1.17. The minimum absolute atomic E-state index is 0.102. The van der Waals surface area contributed by atoms with E-state index in [2.05, 4.69) is 9.97 Å². The number of Topliss-reactive ketones (excluding diaryl/α,β-unsaturated/α-hetero) is 1. The van der Waals surface area contributed by atoms with Crippen molar-refractivity contribution in [3.05, 3.63) is 29.6 Å². The number of hydrogen-bond donors (Lipinski definition) is 1. The van der Waals surface area contributed by atoms with Gasteiger partial charge in [0.2, 0.25) is 0 Å². The molecule has 0 spiro atoms. The zero-order valence-electron chi connectivity index (χ0n) is 7.27. The lowest BCUT2D eigenvalue weighted by Gasteiger charge is -1.90. The maximum Gasteiger partial charge on any atom is 0.195 e. The quantitative estimate of drug-likeness (QED) is 0.709. The van der Waals surface area contributed by atoms with E-state index in [1.807, 2.05) is 0 Å². The van der Waals surface area contributed by atoms with E-state index in [4.69, 9.17) is 0 Å². The first-order chi connectivity index (χ1) is 6.58. The van der Waals surface area contributed by atoms with E-state index in [0.717, 1.165) is 12.1 Å². The number of carbonyl (C=O) groups excluding carboxylic acids is 1. The van der Waals surface area contributed by atoms with Gasteiger partial charge in [-0.1, -0.05) is 0 Å². The summed E-state index contributed by atoms with van der Waals surface area (Å²) in [6.07, 6.45) is 0. The first kappa shape index (κ1) is 8.80. The molecule has 0 bridgehead atoms. The first-order valence-electron chi connectivity index (χ1n) is 3.93. The molecule has 1 aromatic heterocycles. The first-order valence-corrected chi connectivity index (χ1v) is 3.93. The van der Waals surface area contributed by atoms with E-state index >= 15 is 0 Å². The van der Waals surface area contributed by atoms with Gasteiger partial charge in [0, 0.05) is 19.1 Å². The second-order valence-electron chi connectivity index (χ2n) is 2.93. The van der Waals surface area contributed by atoms with Gasteiger partial charge in [0.05, 0.1) is 11.0 Å². The van der Waals surface area contributed by atoms with Gasteiger partial charge in [-0.25, -0.2) is 13.8 Å². The lowest BCUT2D eigenvalue weighted by atomic mass is 10.3. The van der Waals surface area contributed by atoms with Crippen molar-refractivity contribution in [2.45, 2.75) is 6.92 Å². The Morgan fingerprint density at radius 3 is 2.64 bits per heavy atom. The summed E-state index contributed by atoms with van der Waals surface area (Å²) in [6.45, 7) is 1.32. The zero-order valence-corrected chi connectivity index (χ0v) is 7.27. The number of rotatable bonds is 1. The molecule has 2 rings (SSSR count). The Kier molecular flexibility index (Phi) is 1.80. The Labute approximate surface area is 77.8 Å². The second-order valence-corrected chi connectivity index (χ2v) is 2.93. The van der Waals surface area contributed by atoms with E-state index in [1.54, 1.807) is 0 Å². The van der Waals surface area contributed by atoms with Crippen LogP contribution in [0.5, 0.6) is 0 Å². The van der Waals surface area contributed by atoms with E-state index in [1.165, 1.54) is 6.92 Å². The third-order valence-electron chi connectivity index (χ3n) is 1.86. The van der Waals surface area contributed by atoms with Crippen LogP contribution >= 0.6 is 0 Å². The molecule has 72 valence electrons. The molecule has 1 N–H and O–H groups in total. The summed E-state index contributed by atoms with van der Waals surface area (Å²) in [5.41, 5.74) is 0.559. The molecule has 0 aliphatic heterocycles. The smallest absolute Gasteiger partial charge is 0.195 e. The predicted molar refractivity (Wildman–Crippen MR) is 46.0 cm³/mol. The molecule has 0 radical (unpaired) electrons. The summed E-state index contributed by atoms with van der Waals surface area (Å²) in [5, 5.41) is 0. The zero-order chi connectivity index (χ0) is 10.3. The molecule has 2 aromatic rings. The number of nitrogens with zero attached hydrogens (tertiary/aromatic N) is 1. The van der Waals surface area contributed by atoms with Gasteiger partial charge in [0.25, 0.3) is 0 Å². The van der Waals surface area contributed by atoms with Gasteiger partial charge >= 0.3 is 0 Å². The molecule has 0 saturated heterocycles. The van der Waals surface area contributed by atoms with Crippen molar-refractivity contribution in [3.63, 3.8) is 0 Å². The number of H-pyrrole nitrogens is 1. The van der Waals surface area contributed by atoms with Crippen molar-refractivity contribution in [3.8, 4) is 0 Å². The van der Waals surface area contributed by atoms with Crippen LogP contribution in [0.15, 0.2) is 12.1 Å². The number of fused-ring (bicyclic) bond motifs is 1. The topological polar surface area (TPSA) is 45.8 Å². The predicted octanol–water partition coefficient (Wildman–Crippen LogP) is 2.04. The van der Waals surface area contributed by atoms with Crippen LogP contribution in [0, 0.1) is 11.6 Å². The van der Waals surface area contributed by atoms with Crippen LogP contribution in [0.25, 0.3) is 11.0 Å². The van der Waals surface area contributed by atoms with E-state index in [0.29, 0.717) is 5.52 Å². The highest BCUT2D eigenvalue weighted by Gasteiger charge is 2.10. The molecular weight excluding hydrogens is 190 g/mol. The Balaban J connectivity index is 2.72. The number of imidazole rings is 1. The largest absolute Gasteiger partial charge is 0.335 e. The molecule has 0 aliphatic rings. The summed E-state index contributed by atoms with van der Waals surface area (Å²) in [4.78, 5) is 17.3. The van der Waals surface area contributed by atoms with Crippen molar-refractivity contribution >= 4 is 16.8 Å². The van der Waals surface area contributed by atoms with Crippen molar-refractivity contribution < 1.29 is 13.6 Å². The van der Waals surface area contributed by atoms with Crippen LogP contribution < -0.4 is 0 Å². The summed E-state index contributed by atoms with van der Waals surface area (Å²) in [5.74, 6) is -2.11. The molecule has 0 saturated carbocycles. The molecule has 0 atom stereocenters. The molecule has 3 nitrogen and oxygen atoms in total. The van der Waals surface area contributed by atoms with Gasteiger partial charge in [-0.2, -0.15) is 0 Å². The molecule has 0 unspecified atom stereocenters. The minimum atomic E-state index is -0.973. The van der Waals surface area contributed by atoms with Crippen LogP contribution in [-0.4, -0.2) is 15.8 Å². The van der Waals surface area contributed by atoms with Crippen LogP contribution in [-0.2, 0) is 0 Å². The van der Waals surface area contributed by atoms with Gasteiger partial charge < -0.3 is 4.98 Å². The maximum absolute atomic E-state index is 12.8. The van der Waals surface area contributed by atoms with Crippen LogP contribution in [0.1, 0.15) is 17.5 Å². The van der Waals surface area contributed by atoms with Gasteiger partial charge in [0.1, 0.15) is 0 Å². The SMILES string of the molecule is CC(=O)c1nc2cc(F)c(F)cc2[nH]1. The van der Waals surface area contributed by atoms with Gasteiger partial charge in [-0.05, 0) is 0 Å². The van der Waals surface area contributed by atoms with Gasteiger partial charge in [-0.15, -0.1) is 0 Å². The maximum atomic E-state index is 12.8. The lowest BCUT2D eigenvalue weighted by molar-refractivity contribution is 0.100.